The molecule has 4 rings (SSSR count). The van der Waals surface area contributed by atoms with Gasteiger partial charge in [0.15, 0.2) is 0 Å². The largest absolute Gasteiger partial charge is 0.350 e. The van der Waals surface area contributed by atoms with Crippen molar-refractivity contribution in [1.82, 2.24) is 15.1 Å². The summed E-state index contributed by atoms with van der Waals surface area (Å²) in [5.74, 6) is 1.13. The van der Waals surface area contributed by atoms with E-state index in [2.05, 4.69) is 41.4 Å². The summed E-state index contributed by atoms with van der Waals surface area (Å²) in [5.41, 5.74) is 2.50. The molecular weight excluding hydrogens is 386 g/mol. The van der Waals surface area contributed by atoms with Gasteiger partial charge in [0.2, 0.25) is 11.8 Å². The molecule has 2 atom stereocenters. The molecular formula is C26H39N3O2. The smallest absolute Gasteiger partial charge is 0.243 e. The highest BCUT2D eigenvalue weighted by atomic mass is 16.2. The van der Waals surface area contributed by atoms with Crippen LogP contribution in [-0.2, 0) is 22.7 Å². The number of benzene rings is 1. The number of hydrogen-bond acceptors (Lipinski definition) is 3. The van der Waals surface area contributed by atoms with Gasteiger partial charge < -0.3 is 10.2 Å². The topological polar surface area (TPSA) is 52.7 Å². The van der Waals surface area contributed by atoms with Crippen molar-refractivity contribution in [3.63, 3.8) is 0 Å². The Hall–Kier alpha value is -1.88. The van der Waals surface area contributed by atoms with E-state index in [0.29, 0.717) is 6.54 Å². The summed E-state index contributed by atoms with van der Waals surface area (Å²) in [5, 5.41) is 3.16. The zero-order valence-electron chi connectivity index (χ0n) is 19.2. The minimum absolute atomic E-state index is 0.0167. The first-order valence-electron chi connectivity index (χ1n) is 12.5. The Morgan fingerprint density at radius 1 is 0.935 bits per heavy atom. The van der Waals surface area contributed by atoms with E-state index in [1.54, 1.807) is 0 Å². The zero-order valence-corrected chi connectivity index (χ0v) is 19.2. The number of hydrogen-bond donors (Lipinski definition) is 1. The van der Waals surface area contributed by atoms with Crippen LogP contribution in [-0.4, -0.2) is 47.3 Å². The average Bonchev–Trinajstić information content (AvgIpc) is 3.28. The second kappa shape index (κ2) is 10.6. The van der Waals surface area contributed by atoms with E-state index in [-0.39, 0.29) is 23.8 Å². The predicted molar refractivity (Wildman–Crippen MR) is 123 cm³/mol. The summed E-state index contributed by atoms with van der Waals surface area (Å²) in [6.07, 6.45) is 9.83. The molecule has 2 aliphatic heterocycles. The molecule has 0 radical (unpaired) electrons. The maximum atomic E-state index is 13.0. The van der Waals surface area contributed by atoms with Crippen LogP contribution in [0.4, 0.5) is 0 Å². The van der Waals surface area contributed by atoms with E-state index < -0.39 is 0 Å². The molecule has 5 nitrogen and oxygen atoms in total. The van der Waals surface area contributed by atoms with E-state index in [1.807, 2.05) is 4.90 Å². The fraction of sp³-hybridized carbons (Fsp3) is 0.692. The quantitative estimate of drug-likeness (QED) is 0.746. The van der Waals surface area contributed by atoms with Crippen LogP contribution in [0.15, 0.2) is 24.3 Å². The van der Waals surface area contributed by atoms with E-state index in [4.69, 9.17) is 0 Å². The average molecular weight is 426 g/mol. The fourth-order valence-electron chi connectivity index (χ4n) is 5.74. The van der Waals surface area contributed by atoms with E-state index in [0.717, 1.165) is 70.6 Å². The first-order valence-corrected chi connectivity index (χ1v) is 12.5. The van der Waals surface area contributed by atoms with Crippen LogP contribution in [0.2, 0.25) is 0 Å². The summed E-state index contributed by atoms with van der Waals surface area (Å²) in [7, 11) is 0. The summed E-state index contributed by atoms with van der Waals surface area (Å²) >= 11 is 0. The monoisotopic (exact) mass is 425 g/mol. The third-order valence-electron chi connectivity index (χ3n) is 7.50. The third-order valence-corrected chi connectivity index (χ3v) is 7.50. The van der Waals surface area contributed by atoms with Crippen molar-refractivity contribution >= 4 is 11.8 Å². The molecule has 0 spiro atoms. The number of nitrogens with one attached hydrogen (secondary N) is 1. The molecule has 2 saturated heterocycles. The number of piperidine rings is 1. The Labute approximate surface area is 187 Å². The number of likely N-dealkylation sites (tertiary alicyclic amines) is 2. The number of carbonyl (C=O) groups excluding carboxylic acids is 2. The summed E-state index contributed by atoms with van der Waals surface area (Å²) < 4.78 is 0. The zero-order chi connectivity index (χ0) is 21.6. The molecule has 1 aromatic rings. The number of rotatable bonds is 6. The minimum Gasteiger partial charge on any atom is -0.350 e. The molecule has 0 bridgehead atoms. The molecule has 2 heterocycles. The molecule has 2 unspecified atom stereocenters. The third kappa shape index (κ3) is 5.68. The van der Waals surface area contributed by atoms with Crippen molar-refractivity contribution in [1.29, 1.82) is 0 Å². The molecule has 0 aromatic heterocycles. The van der Waals surface area contributed by atoms with E-state index in [9.17, 15) is 9.59 Å². The Bertz CT molecular complexity index is 759. The summed E-state index contributed by atoms with van der Waals surface area (Å²) in [6, 6.07) is 8.18. The van der Waals surface area contributed by atoms with Crippen molar-refractivity contribution < 1.29 is 9.59 Å². The molecule has 5 heteroatoms. The van der Waals surface area contributed by atoms with Gasteiger partial charge in [0.25, 0.3) is 0 Å². The number of carbonyl (C=O) groups is 2. The molecule has 1 saturated carbocycles. The van der Waals surface area contributed by atoms with Gasteiger partial charge in [0.1, 0.15) is 6.04 Å². The lowest BCUT2D eigenvalue weighted by Crippen LogP contribution is -2.48. The standard InChI is InChI=1S/C26H39N3O2/c1-20-9-7-15-28(18-20)19-23-13-6-5-12-22(23)17-27-25(30)24-14-8-16-29(24)26(31)21-10-3-2-4-11-21/h5-6,12-13,20-21,24H,2-4,7-11,14-19H2,1H3,(H,27,30). The molecule has 31 heavy (non-hydrogen) atoms. The minimum atomic E-state index is -0.287. The van der Waals surface area contributed by atoms with Gasteiger partial charge in [-0.3, -0.25) is 14.5 Å². The van der Waals surface area contributed by atoms with Crippen LogP contribution in [0.1, 0.15) is 75.8 Å². The SMILES string of the molecule is CC1CCCN(Cc2ccccc2CNC(=O)C2CCCN2C(=O)C2CCCCC2)C1. The van der Waals surface area contributed by atoms with Crippen LogP contribution in [0.25, 0.3) is 0 Å². The Morgan fingerprint density at radius 2 is 1.68 bits per heavy atom. The van der Waals surface area contributed by atoms with E-state index >= 15 is 0 Å². The van der Waals surface area contributed by atoms with Crippen molar-refractivity contribution in [3.05, 3.63) is 35.4 Å². The van der Waals surface area contributed by atoms with Gasteiger partial charge in [-0.15, -0.1) is 0 Å². The fourth-order valence-corrected chi connectivity index (χ4v) is 5.74. The van der Waals surface area contributed by atoms with Gasteiger partial charge in [0.05, 0.1) is 0 Å². The van der Waals surface area contributed by atoms with Crippen LogP contribution >= 0.6 is 0 Å². The highest BCUT2D eigenvalue weighted by molar-refractivity contribution is 5.89. The maximum Gasteiger partial charge on any atom is 0.243 e. The lowest BCUT2D eigenvalue weighted by atomic mass is 9.88. The van der Waals surface area contributed by atoms with Gasteiger partial charge in [0, 0.05) is 32.1 Å². The first kappa shape index (κ1) is 22.3. The predicted octanol–water partition coefficient (Wildman–Crippen LogP) is 4.11. The van der Waals surface area contributed by atoms with Crippen molar-refractivity contribution in [2.75, 3.05) is 19.6 Å². The van der Waals surface area contributed by atoms with Crippen LogP contribution < -0.4 is 5.32 Å². The van der Waals surface area contributed by atoms with E-state index in [1.165, 1.54) is 30.4 Å². The summed E-state index contributed by atoms with van der Waals surface area (Å²) in [4.78, 5) is 30.5. The lowest BCUT2D eigenvalue weighted by Gasteiger charge is -2.31. The van der Waals surface area contributed by atoms with Gasteiger partial charge in [-0.2, -0.15) is 0 Å². The van der Waals surface area contributed by atoms with Gasteiger partial charge in [-0.25, -0.2) is 0 Å². The highest BCUT2D eigenvalue weighted by Gasteiger charge is 2.37. The second-order valence-electron chi connectivity index (χ2n) is 9.99. The molecule has 170 valence electrons. The molecule has 1 aromatic carbocycles. The number of nitrogens with zero attached hydrogens (tertiary/aromatic N) is 2. The Balaban J connectivity index is 1.34. The molecule has 3 fully saturated rings. The second-order valence-corrected chi connectivity index (χ2v) is 9.99. The van der Waals surface area contributed by atoms with Crippen molar-refractivity contribution in [2.45, 2.75) is 83.8 Å². The molecule has 1 N–H and O–H groups in total. The number of amides is 2. The molecule has 3 aliphatic rings. The Kier molecular flexibility index (Phi) is 7.65. The lowest BCUT2D eigenvalue weighted by molar-refractivity contribution is -0.142. The van der Waals surface area contributed by atoms with Crippen LogP contribution in [0.5, 0.6) is 0 Å². The normalized spacial score (nSPS) is 25.5. The molecule has 2 amide bonds. The van der Waals surface area contributed by atoms with Crippen LogP contribution in [0.3, 0.4) is 0 Å². The van der Waals surface area contributed by atoms with Crippen molar-refractivity contribution in [2.24, 2.45) is 11.8 Å². The van der Waals surface area contributed by atoms with Gasteiger partial charge >= 0.3 is 0 Å². The Morgan fingerprint density at radius 3 is 2.45 bits per heavy atom. The highest BCUT2D eigenvalue weighted by Crippen LogP contribution is 2.29. The maximum absolute atomic E-state index is 13.0. The van der Waals surface area contributed by atoms with Crippen molar-refractivity contribution in [3.8, 4) is 0 Å². The van der Waals surface area contributed by atoms with Crippen LogP contribution in [0, 0.1) is 11.8 Å². The first-order chi connectivity index (χ1) is 15.1. The summed E-state index contributed by atoms with van der Waals surface area (Å²) in [6.45, 7) is 6.87. The van der Waals surface area contributed by atoms with Gasteiger partial charge in [-0.05, 0) is 62.1 Å². The molecule has 1 aliphatic carbocycles. The van der Waals surface area contributed by atoms with Gasteiger partial charge in [-0.1, -0.05) is 50.5 Å².